The standard InChI is InChI=1S/C15H20ClN7O/c1-8-3-4-24-14-12(9(2)23(22-14)10-5-17-6-10)20-15-18-7-11(16)13(19-8)21-15/h7-8,10,17H,3-6H2,1-2H3,(H2,18,19,20,21)/t8-/m1/s1. The summed E-state index contributed by atoms with van der Waals surface area (Å²) >= 11 is 6.19. The normalized spacial score (nSPS) is 20.7. The molecule has 4 heterocycles. The van der Waals surface area contributed by atoms with E-state index >= 15 is 0 Å². The van der Waals surface area contributed by atoms with Crippen LogP contribution in [0.2, 0.25) is 5.02 Å². The van der Waals surface area contributed by atoms with Gasteiger partial charge in [0, 0.05) is 25.6 Å². The average Bonchev–Trinajstić information content (AvgIpc) is 2.77. The van der Waals surface area contributed by atoms with Gasteiger partial charge in [0.2, 0.25) is 5.95 Å². The first-order valence-electron chi connectivity index (χ1n) is 8.10. The second-order valence-electron chi connectivity index (χ2n) is 6.22. The smallest absolute Gasteiger partial charge is 0.257 e. The lowest BCUT2D eigenvalue weighted by atomic mass is 10.2. The van der Waals surface area contributed by atoms with Crippen LogP contribution in [0.3, 0.4) is 0 Å². The molecule has 0 spiro atoms. The first kappa shape index (κ1) is 15.5. The number of anilines is 3. The lowest BCUT2D eigenvalue weighted by molar-refractivity contribution is 0.272. The Bertz CT molecular complexity index is 759. The molecule has 1 fully saturated rings. The van der Waals surface area contributed by atoms with Crippen LogP contribution in [-0.4, -0.2) is 45.5 Å². The van der Waals surface area contributed by atoms with E-state index in [0.717, 1.165) is 30.9 Å². The van der Waals surface area contributed by atoms with Crippen molar-refractivity contribution < 1.29 is 4.74 Å². The van der Waals surface area contributed by atoms with E-state index in [1.807, 2.05) is 11.6 Å². The maximum Gasteiger partial charge on any atom is 0.257 e. The Morgan fingerprint density at radius 2 is 2.21 bits per heavy atom. The van der Waals surface area contributed by atoms with E-state index in [9.17, 15) is 0 Å². The molecule has 8 nitrogen and oxygen atoms in total. The number of rotatable bonds is 1. The Balaban J connectivity index is 1.74. The molecule has 2 bridgehead atoms. The van der Waals surface area contributed by atoms with E-state index in [2.05, 4.69) is 37.9 Å². The molecule has 3 N–H and O–H groups in total. The van der Waals surface area contributed by atoms with Crippen LogP contribution in [0.15, 0.2) is 6.20 Å². The van der Waals surface area contributed by atoms with Crippen molar-refractivity contribution in [3.63, 3.8) is 0 Å². The number of fused-ring (bicyclic) bond motifs is 3. The van der Waals surface area contributed by atoms with Gasteiger partial charge in [-0.2, -0.15) is 4.98 Å². The minimum absolute atomic E-state index is 0.172. The summed E-state index contributed by atoms with van der Waals surface area (Å²) in [6.45, 7) is 6.49. The molecule has 2 aliphatic rings. The third kappa shape index (κ3) is 2.76. The Kier molecular flexibility index (Phi) is 3.93. The molecule has 0 unspecified atom stereocenters. The Morgan fingerprint density at radius 3 is 2.96 bits per heavy atom. The SMILES string of the molecule is Cc1c2c(nn1C1CNC1)OCC[C@@H](C)Nc1nc(ncc1Cl)N2. The minimum atomic E-state index is 0.172. The van der Waals surface area contributed by atoms with E-state index in [1.54, 1.807) is 6.20 Å². The molecule has 2 aromatic heterocycles. The molecule has 0 saturated carbocycles. The highest BCUT2D eigenvalue weighted by Crippen LogP contribution is 2.33. The number of halogens is 1. The van der Waals surface area contributed by atoms with Gasteiger partial charge in [-0.25, -0.2) is 4.98 Å². The number of hydrogen-bond acceptors (Lipinski definition) is 7. The number of aromatic nitrogens is 4. The van der Waals surface area contributed by atoms with Gasteiger partial charge >= 0.3 is 0 Å². The summed E-state index contributed by atoms with van der Waals surface area (Å²) in [4.78, 5) is 8.75. The highest BCUT2D eigenvalue weighted by atomic mass is 35.5. The minimum Gasteiger partial charge on any atom is -0.475 e. The summed E-state index contributed by atoms with van der Waals surface area (Å²) in [6.07, 6.45) is 2.41. The van der Waals surface area contributed by atoms with Crippen molar-refractivity contribution in [2.24, 2.45) is 0 Å². The summed E-state index contributed by atoms with van der Waals surface area (Å²) in [5.74, 6) is 1.68. The molecule has 4 rings (SSSR count). The van der Waals surface area contributed by atoms with Crippen molar-refractivity contribution in [3.8, 4) is 5.88 Å². The van der Waals surface area contributed by atoms with Crippen molar-refractivity contribution in [1.82, 2.24) is 25.1 Å². The molecule has 0 amide bonds. The topological polar surface area (TPSA) is 88.9 Å². The van der Waals surface area contributed by atoms with Crippen LogP contribution in [0.25, 0.3) is 0 Å². The maximum atomic E-state index is 6.19. The summed E-state index contributed by atoms with van der Waals surface area (Å²) in [7, 11) is 0. The second-order valence-corrected chi connectivity index (χ2v) is 6.63. The van der Waals surface area contributed by atoms with Gasteiger partial charge in [0.1, 0.15) is 10.7 Å². The van der Waals surface area contributed by atoms with E-state index < -0.39 is 0 Å². The lowest BCUT2D eigenvalue weighted by Crippen LogP contribution is -2.44. The third-order valence-corrected chi connectivity index (χ3v) is 4.65. The zero-order chi connectivity index (χ0) is 16.7. The average molecular weight is 350 g/mol. The molecule has 9 heteroatoms. The predicted octanol–water partition coefficient (Wildman–Crippen LogP) is 2.11. The van der Waals surface area contributed by atoms with E-state index in [4.69, 9.17) is 16.3 Å². The van der Waals surface area contributed by atoms with E-state index in [0.29, 0.717) is 35.3 Å². The van der Waals surface area contributed by atoms with Crippen LogP contribution in [0, 0.1) is 6.92 Å². The van der Waals surface area contributed by atoms with E-state index in [-0.39, 0.29) is 6.04 Å². The van der Waals surface area contributed by atoms with Gasteiger partial charge in [-0.05, 0) is 13.8 Å². The molecule has 24 heavy (non-hydrogen) atoms. The van der Waals surface area contributed by atoms with Crippen molar-refractivity contribution in [1.29, 1.82) is 0 Å². The number of nitrogens with zero attached hydrogens (tertiary/aromatic N) is 4. The van der Waals surface area contributed by atoms with Gasteiger partial charge in [0.15, 0.2) is 5.82 Å². The zero-order valence-corrected chi connectivity index (χ0v) is 14.4. The third-order valence-electron chi connectivity index (χ3n) is 4.38. The molecule has 2 aromatic rings. The van der Waals surface area contributed by atoms with Gasteiger partial charge in [-0.15, -0.1) is 5.10 Å². The largest absolute Gasteiger partial charge is 0.475 e. The summed E-state index contributed by atoms with van der Waals surface area (Å²) < 4.78 is 7.95. The van der Waals surface area contributed by atoms with Crippen LogP contribution in [-0.2, 0) is 0 Å². The van der Waals surface area contributed by atoms with Gasteiger partial charge in [0.25, 0.3) is 5.88 Å². The molecule has 1 saturated heterocycles. The first-order valence-corrected chi connectivity index (χ1v) is 8.48. The van der Waals surface area contributed by atoms with Crippen molar-refractivity contribution in [3.05, 3.63) is 16.9 Å². The zero-order valence-electron chi connectivity index (χ0n) is 13.6. The highest BCUT2D eigenvalue weighted by Gasteiger charge is 2.26. The van der Waals surface area contributed by atoms with Crippen LogP contribution in [0.1, 0.15) is 25.1 Å². The Morgan fingerprint density at radius 1 is 1.38 bits per heavy atom. The number of ether oxygens (including phenoxy) is 1. The molecule has 2 aliphatic heterocycles. The quantitative estimate of drug-likeness (QED) is 0.726. The van der Waals surface area contributed by atoms with Crippen LogP contribution < -0.4 is 20.7 Å². The van der Waals surface area contributed by atoms with Gasteiger partial charge in [-0.3, -0.25) is 4.68 Å². The number of nitrogens with one attached hydrogen (secondary N) is 3. The fourth-order valence-corrected chi connectivity index (χ4v) is 2.96. The summed E-state index contributed by atoms with van der Waals surface area (Å²) in [6, 6.07) is 0.531. The predicted molar refractivity (Wildman–Crippen MR) is 92.4 cm³/mol. The molecule has 128 valence electrons. The molecular weight excluding hydrogens is 330 g/mol. The highest BCUT2D eigenvalue weighted by molar-refractivity contribution is 6.32. The van der Waals surface area contributed by atoms with Crippen LogP contribution >= 0.6 is 11.6 Å². The van der Waals surface area contributed by atoms with Crippen LogP contribution in [0.4, 0.5) is 17.5 Å². The lowest BCUT2D eigenvalue weighted by Gasteiger charge is -2.28. The van der Waals surface area contributed by atoms with E-state index in [1.165, 1.54) is 0 Å². The summed E-state index contributed by atoms with van der Waals surface area (Å²) in [5.41, 5.74) is 1.82. The monoisotopic (exact) mass is 349 g/mol. The van der Waals surface area contributed by atoms with Crippen LogP contribution in [0.5, 0.6) is 5.88 Å². The van der Waals surface area contributed by atoms with Crippen molar-refractivity contribution in [2.75, 3.05) is 30.3 Å². The Labute approximate surface area is 145 Å². The Hall–Kier alpha value is -2.06. The first-order chi connectivity index (χ1) is 11.6. The molecule has 0 aliphatic carbocycles. The fraction of sp³-hybridized carbons (Fsp3) is 0.533. The maximum absolute atomic E-state index is 6.19. The van der Waals surface area contributed by atoms with Gasteiger partial charge in [-0.1, -0.05) is 11.6 Å². The summed E-state index contributed by atoms with van der Waals surface area (Å²) in [5, 5.41) is 15.0. The van der Waals surface area contributed by atoms with Crippen molar-refractivity contribution in [2.45, 2.75) is 32.4 Å². The molecular formula is C15H20ClN7O. The van der Waals surface area contributed by atoms with Gasteiger partial charge < -0.3 is 20.7 Å². The van der Waals surface area contributed by atoms with Crippen molar-refractivity contribution >= 4 is 29.1 Å². The van der Waals surface area contributed by atoms with Gasteiger partial charge in [0.05, 0.1) is 24.5 Å². The molecule has 0 aromatic carbocycles. The number of hydrogen-bond donors (Lipinski definition) is 3. The molecule has 0 radical (unpaired) electrons. The second kappa shape index (κ2) is 6.10. The molecule has 1 atom stereocenters. The fourth-order valence-electron chi connectivity index (χ4n) is 2.82.